The van der Waals surface area contributed by atoms with Crippen molar-refractivity contribution < 1.29 is 0 Å². The van der Waals surface area contributed by atoms with Crippen LogP contribution in [0.3, 0.4) is 0 Å². The Labute approximate surface area is 504 Å². The molecule has 17 heteroatoms. The number of rotatable bonds is 9. The van der Waals surface area contributed by atoms with Gasteiger partial charge in [-0.15, -0.1) is 48.3 Å². The van der Waals surface area contributed by atoms with Gasteiger partial charge in [0.25, 0.3) is 0 Å². The summed E-state index contributed by atoms with van der Waals surface area (Å²) >= 11 is 0. The van der Waals surface area contributed by atoms with Crippen LogP contribution in [-0.4, -0.2) is 119 Å². The van der Waals surface area contributed by atoms with E-state index in [-0.39, 0.29) is 0 Å². The van der Waals surface area contributed by atoms with Crippen molar-refractivity contribution in [2.45, 2.75) is 19.6 Å². The number of benzene rings is 11. The second-order valence-electron chi connectivity index (χ2n) is 23.6. The summed E-state index contributed by atoms with van der Waals surface area (Å²) in [4.78, 5) is 5.22. The molecule has 83 heavy (non-hydrogen) atoms. The monoisotopic (exact) mass is 1070 g/mol. The standard InChI is InChI=1S/C66H60B14N2S/c67-51-48(52(68)57(73)61(77)56(51)72)43-31-39(83(36-17-4-1-5-18-36,37-19-6-2-7-20-37)38-21-8-3-9-22-38)32-44(49-53(69)58(74)62(78)59(75)54(49)70)65(43)82-45-25-12-10-23-40(45)42-30-34(27-28-47(42)82)33-15-14-16-35(29-33)81-46-26-13-11-24-41(46)50-55(71)60(76)63(79)64(80)66(50)81/h1-32H,67-80H2. The predicted molar refractivity (Wildman–Crippen MR) is 406 cm³/mol. The first kappa shape index (κ1) is 54.5. The van der Waals surface area contributed by atoms with Crippen LogP contribution in [0, 0.1) is 0 Å². The predicted octanol–water partition coefficient (Wildman–Crippen LogP) is -6.16. The number of para-hydroxylation sites is 2. The molecule has 0 aliphatic rings. The minimum Gasteiger partial charge on any atom is -0.310 e. The fourth-order valence-electron chi connectivity index (χ4n) is 14.3. The van der Waals surface area contributed by atoms with E-state index < -0.39 is 10.0 Å². The zero-order chi connectivity index (χ0) is 57.9. The highest BCUT2D eigenvalue weighted by Gasteiger charge is 2.36. The van der Waals surface area contributed by atoms with Crippen molar-refractivity contribution in [1.29, 1.82) is 0 Å². The van der Waals surface area contributed by atoms with Gasteiger partial charge in [0.1, 0.15) is 110 Å². The van der Waals surface area contributed by atoms with Crippen molar-refractivity contribution in [2.24, 2.45) is 0 Å². The van der Waals surface area contributed by atoms with E-state index in [1.807, 2.05) is 0 Å². The molecule has 0 amide bonds. The summed E-state index contributed by atoms with van der Waals surface area (Å²) in [5, 5.41) is 5.11. The molecule has 0 atom stereocenters. The van der Waals surface area contributed by atoms with Gasteiger partial charge < -0.3 is 9.13 Å². The summed E-state index contributed by atoms with van der Waals surface area (Å²) < 4.78 is 5.17. The molecule has 2 nitrogen and oxygen atoms in total. The van der Waals surface area contributed by atoms with Crippen LogP contribution >= 0.6 is 10.0 Å². The molecule has 2 heterocycles. The number of hydrogen-bond donors (Lipinski definition) is 0. The maximum atomic E-state index is 2.66. The molecule has 0 saturated heterocycles. The second-order valence-corrected chi connectivity index (χ2v) is 26.7. The lowest BCUT2D eigenvalue weighted by Gasteiger charge is -2.43. The maximum absolute atomic E-state index is 2.66. The van der Waals surface area contributed by atoms with Crippen molar-refractivity contribution in [3.8, 4) is 44.8 Å². The van der Waals surface area contributed by atoms with Crippen LogP contribution in [0.25, 0.3) is 88.4 Å². The Morgan fingerprint density at radius 2 is 0.663 bits per heavy atom. The summed E-state index contributed by atoms with van der Waals surface area (Å²) in [5.41, 5.74) is 33.5. The zero-order valence-electron chi connectivity index (χ0n) is 50.8. The fourth-order valence-corrected chi connectivity index (χ4v) is 18.2. The van der Waals surface area contributed by atoms with Crippen LogP contribution in [0.15, 0.2) is 214 Å². The Bertz CT molecular complexity index is 4610. The highest BCUT2D eigenvalue weighted by atomic mass is 32.3. The largest absolute Gasteiger partial charge is 0.310 e. The minimum absolute atomic E-state index is 1.17. The lowest BCUT2D eigenvalue weighted by Crippen LogP contribution is -2.55. The smallest absolute Gasteiger partial charge is 0.141 e. The molecule has 0 aliphatic carbocycles. The summed E-state index contributed by atoms with van der Waals surface area (Å²) in [6, 6.07) is 74.1. The third kappa shape index (κ3) is 8.22. The van der Waals surface area contributed by atoms with Crippen molar-refractivity contribution in [3.63, 3.8) is 0 Å². The molecule has 0 N–H and O–H groups in total. The summed E-state index contributed by atoms with van der Waals surface area (Å²) in [5.74, 6) is 0. The van der Waals surface area contributed by atoms with Gasteiger partial charge in [0.05, 0.1) is 22.2 Å². The van der Waals surface area contributed by atoms with Crippen molar-refractivity contribution >= 4 is 240 Å². The van der Waals surface area contributed by atoms with Gasteiger partial charge >= 0.3 is 0 Å². The van der Waals surface area contributed by atoms with Crippen molar-refractivity contribution in [2.75, 3.05) is 0 Å². The molecule has 0 bridgehead atoms. The Morgan fingerprint density at radius 3 is 1.17 bits per heavy atom. The van der Waals surface area contributed by atoms with Gasteiger partial charge in [0.15, 0.2) is 0 Å². The Morgan fingerprint density at radius 1 is 0.265 bits per heavy atom. The van der Waals surface area contributed by atoms with E-state index in [9.17, 15) is 0 Å². The number of hydrogen-bond acceptors (Lipinski definition) is 0. The summed E-state index contributed by atoms with van der Waals surface area (Å²) in [6.45, 7) is 0. The van der Waals surface area contributed by atoms with E-state index in [1.54, 1.807) is 0 Å². The summed E-state index contributed by atoms with van der Waals surface area (Å²) in [6.07, 6.45) is 0. The fraction of sp³-hybridized carbons (Fsp3) is 0. The Balaban J connectivity index is 1.17. The van der Waals surface area contributed by atoms with E-state index in [0.717, 1.165) is 0 Å². The van der Waals surface area contributed by atoms with Crippen LogP contribution in [0.4, 0.5) is 0 Å². The van der Waals surface area contributed by atoms with Crippen LogP contribution in [-0.2, 0) is 0 Å². The van der Waals surface area contributed by atoms with Gasteiger partial charge in [-0.2, -0.15) is 0 Å². The maximum Gasteiger partial charge on any atom is 0.141 e. The molecule has 0 spiro atoms. The van der Waals surface area contributed by atoms with Crippen LogP contribution in [0.5, 0.6) is 0 Å². The molecule has 0 aliphatic heterocycles. The highest BCUT2D eigenvalue weighted by molar-refractivity contribution is 8.34. The summed E-state index contributed by atoms with van der Waals surface area (Å²) in [7, 11) is 30.5. The van der Waals surface area contributed by atoms with Crippen LogP contribution in [0.1, 0.15) is 0 Å². The molecule has 0 saturated carbocycles. The van der Waals surface area contributed by atoms with Gasteiger partial charge in [-0.05, 0) is 107 Å². The average molecular weight is 1060 g/mol. The van der Waals surface area contributed by atoms with E-state index >= 15 is 0 Å². The first-order valence-electron chi connectivity index (χ1n) is 29.5. The molecule has 13 aromatic rings. The van der Waals surface area contributed by atoms with Gasteiger partial charge in [0.2, 0.25) is 0 Å². The van der Waals surface area contributed by atoms with Crippen molar-refractivity contribution in [3.05, 3.63) is 194 Å². The van der Waals surface area contributed by atoms with E-state index in [2.05, 4.69) is 313 Å². The van der Waals surface area contributed by atoms with Crippen molar-refractivity contribution in [1.82, 2.24) is 9.13 Å². The third-order valence-corrected chi connectivity index (χ3v) is 23.8. The normalized spacial score (nSPS) is 12.0. The first-order chi connectivity index (χ1) is 40.1. The first-order valence-corrected chi connectivity index (χ1v) is 31.1. The lowest BCUT2D eigenvalue weighted by atomic mass is 9.58. The third-order valence-electron chi connectivity index (χ3n) is 19.9. The van der Waals surface area contributed by atoms with E-state index in [4.69, 9.17) is 0 Å². The molecule has 0 fully saturated rings. The minimum atomic E-state index is -2.15. The quantitative estimate of drug-likeness (QED) is 0.128. The average Bonchev–Trinajstić information content (AvgIpc) is 1.98. The van der Waals surface area contributed by atoms with Gasteiger partial charge in [-0.25, -0.2) is 0 Å². The Hall–Kier alpha value is -7.72. The van der Waals surface area contributed by atoms with Gasteiger partial charge in [-0.1, -0.05) is 147 Å². The molecule has 11 aromatic carbocycles. The van der Waals surface area contributed by atoms with E-state index in [0.29, 0.717) is 0 Å². The SMILES string of the molecule is Bc1c(B)c(B)c(-c2cc(S(c3ccccc3)(c3ccccc3)c3ccccc3)cc(-c3c(B)c(B)c(B)c(B)c3B)c2-n2c3ccccc3c3cc(-c4cccc(-n5c6ccccc6c6c(B)c(B)c(B)c(B)c65)c4)ccc32)c(B)c1B. The number of fused-ring (bicyclic) bond motifs is 6. The van der Waals surface area contributed by atoms with E-state index in [1.165, 1.54) is 184 Å². The number of aromatic nitrogens is 2. The van der Waals surface area contributed by atoms with Crippen LogP contribution < -0.4 is 76.5 Å². The molecule has 0 unspecified atom stereocenters. The zero-order valence-corrected chi connectivity index (χ0v) is 51.6. The molecule has 2 aromatic heterocycles. The molecular formula is C66H60B14N2S. The molecule has 0 radical (unpaired) electrons. The number of nitrogens with zero attached hydrogens (tertiary/aromatic N) is 2. The van der Waals surface area contributed by atoms with Crippen LogP contribution in [0.2, 0.25) is 0 Å². The topological polar surface area (TPSA) is 9.86 Å². The molecular weight excluding hydrogens is 1000 g/mol. The molecule has 13 rings (SSSR count). The highest BCUT2D eigenvalue weighted by Crippen LogP contribution is 2.74. The Kier molecular flexibility index (Phi) is 13.7. The van der Waals surface area contributed by atoms with Gasteiger partial charge in [-0.3, -0.25) is 0 Å². The van der Waals surface area contributed by atoms with Gasteiger partial charge in [0, 0.05) is 63.5 Å². The second kappa shape index (κ2) is 20.9. The molecule has 382 valence electrons. The lowest BCUT2D eigenvalue weighted by molar-refractivity contribution is 1.17.